The molecule has 0 aliphatic heterocycles. The number of esters is 1. The van der Waals surface area contributed by atoms with Gasteiger partial charge in [0.25, 0.3) is 0 Å². The quantitative estimate of drug-likeness (QED) is 0.0441. The molecule has 0 heterocycles. The van der Waals surface area contributed by atoms with Crippen molar-refractivity contribution >= 4 is 11.9 Å². The molecule has 1 N–H and O–H groups in total. The highest BCUT2D eigenvalue weighted by molar-refractivity contribution is 5.69. The zero-order valence-corrected chi connectivity index (χ0v) is 29.9. The van der Waals surface area contributed by atoms with Gasteiger partial charge in [0.1, 0.15) is 6.10 Å². The molecule has 0 aromatic rings. The first kappa shape index (κ1) is 43.4. The molecule has 1 unspecified atom stereocenters. The molecule has 0 bridgehead atoms. The number of unbranched alkanes of at least 4 members (excludes halogenated alkanes) is 12. The SMILES string of the molecule is CC/C=C\C/C=C\C/C=C\C/C=C\CCCCC(=O)OC(CCC/C=C\C/C=C\CCCCCCC)CCCCCCCC(=O)O. The van der Waals surface area contributed by atoms with Gasteiger partial charge in [0.15, 0.2) is 0 Å². The maximum Gasteiger partial charge on any atom is 0.306 e. The molecule has 0 saturated heterocycles. The van der Waals surface area contributed by atoms with E-state index in [4.69, 9.17) is 9.84 Å². The summed E-state index contributed by atoms with van der Waals surface area (Å²) in [6.07, 6.45) is 52.0. The van der Waals surface area contributed by atoms with Crippen molar-refractivity contribution in [1.82, 2.24) is 0 Å². The Bertz CT molecular complexity index is 861. The van der Waals surface area contributed by atoms with Crippen LogP contribution in [0.2, 0.25) is 0 Å². The van der Waals surface area contributed by atoms with Crippen LogP contribution < -0.4 is 0 Å². The lowest BCUT2D eigenvalue weighted by Crippen LogP contribution is -2.18. The van der Waals surface area contributed by atoms with Gasteiger partial charge in [-0.05, 0) is 103 Å². The van der Waals surface area contributed by atoms with E-state index in [9.17, 15) is 9.59 Å². The van der Waals surface area contributed by atoms with Crippen LogP contribution in [0.15, 0.2) is 72.9 Å². The summed E-state index contributed by atoms with van der Waals surface area (Å²) >= 11 is 0. The molecule has 262 valence electrons. The van der Waals surface area contributed by atoms with Crippen LogP contribution in [0, 0.1) is 0 Å². The van der Waals surface area contributed by atoms with E-state index in [0.717, 1.165) is 109 Å². The summed E-state index contributed by atoms with van der Waals surface area (Å²) in [7, 11) is 0. The number of carbonyl (C=O) groups is 2. The summed E-state index contributed by atoms with van der Waals surface area (Å²) in [5.41, 5.74) is 0. The number of carboxylic acids is 1. The van der Waals surface area contributed by atoms with Crippen molar-refractivity contribution in [3.63, 3.8) is 0 Å². The molecule has 0 spiro atoms. The normalized spacial score (nSPS) is 13.1. The monoisotopic (exact) mass is 639 g/mol. The van der Waals surface area contributed by atoms with Crippen molar-refractivity contribution in [2.45, 2.75) is 180 Å². The topological polar surface area (TPSA) is 63.6 Å². The van der Waals surface area contributed by atoms with E-state index in [1.165, 1.54) is 38.5 Å². The Morgan fingerprint density at radius 1 is 0.500 bits per heavy atom. The van der Waals surface area contributed by atoms with Crippen LogP contribution in [0.4, 0.5) is 0 Å². The number of ether oxygens (including phenoxy) is 1. The van der Waals surface area contributed by atoms with Gasteiger partial charge in [0, 0.05) is 12.8 Å². The van der Waals surface area contributed by atoms with Crippen molar-refractivity contribution in [3.8, 4) is 0 Å². The van der Waals surface area contributed by atoms with Crippen LogP contribution in [-0.2, 0) is 14.3 Å². The lowest BCUT2D eigenvalue weighted by molar-refractivity contribution is -0.150. The number of rotatable bonds is 33. The fraction of sp³-hybridized carbons (Fsp3) is 0.667. The second-order valence-corrected chi connectivity index (χ2v) is 12.4. The average molecular weight is 639 g/mol. The van der Waals surface area contributed by atoms with E-state index in [1.54, 1.807) is 0 Å². The molecular weight excluding hydrogens is 568 g/mol. The molecular formula is C42H70O4. The highest BCUT2D eigenvalue weighted by atomic mass is 16.5. The molecule has 0 fully saturated rings. The summed E-state index contributed by atoms with van der Waals surface area (Å²) in [5, 5.41) is 8.81. The second kappa shape index (κ2) is 36.8. The number of carboxylic acid groups (broad SMARTS) is 1. The Hall–Kier alpha value is -2.62. The average Bonchev–Trinajstić information content (AvgIpc) is 3.04. The molecule has 4 heteroatoms. The highest BCUT2D eigenvalue weighted by Crippen LogP contribution is 2.17. The van der Waals surface area contributed by atoms with Gasteiger partial charge in [0.05, 0.1) is 0 Å². The van der Waals surface area contributed by atoms with Gasteiger partial charge in [-0.1, -0.05) is 132 Å². The lowest BCUT2D eigenvalue weighted by Gasteiger charge is -2.18. The van der Waals surface area contributed by atoms with Gasteiger partial charge in [-0.3, -0.25) is 9.59 Å². The third kappa shape index (κ3) is 35.9. The summed E-state index contributed by atoms with van der Waals surface area (Å²) in [6, 6.07) is 0. The molecule has 0 saturated carbocycles. The molecule has 0 aromatic heterocycles. The highest BCUT2D eigenvalue weighted by Gasteiger charge is 2.14. The summed E-state index contributed by atoms with van der Waals surface area (Å²) in [5.74, 6) is -0.778. The van der Waals surface area contributed by atoms with Crippen LogP contribution in [0.1, 0.15) is 174 Å². The Morgan fingerprint density at radius 2 is 0.935 bits per heavy atom. The van der Waals surface area contributed by atoms with Gasteiger partial charge in [-0.15, -0.1) is 0 Å². The van der Waals surface area contributed by atoms with Crippen LogP contribution >= 0.6 is 0 Å². The molecule has 0 aromatic carbocycles. The minimum absolute atomic E-state index is 0.0122. The van der Waals surface area contributed by atoms with Crippen molar-refractivity contribution < 1.29 is 19.4 Å². The van der Waals surface area contributed by atoms with Crippen molar-refractivity contribution in [2.75, 3.05) is 0 Å². The third-order valence-corrected chi connectivity index (χ3v) is 7.91. The molecule has 0 radical (unpaired) electrons. The largest absolute Gasteiger partial charge is 0.481 e. The zero-order chi connectivity index (χ0) is 33.6. The molecule has 4 nitrogen and oxygen atoms in total. The van der Waals surface area contributed by atoms with Crippen LogP contribution in [0.25, 0.3) is 0 Å². The summed E-state index contributed by atoms with van der Waals surface area (Å²) in [6.45, 7) is 4.41. The molecule has 0 amide bonds. The van der Waals surface area contributed by atoms with E-state index in [2.05, 4.69) is 86.8 Å². The van der Waals surface area contributed by atoms with Gasteiger partial charge in [0.2, 0.25) is 0 Å². The van der Waals surface area contributed by atoms with Gasteiger partial charge in [-0.2, -0.15) is 0 Å². The Balaban J connectivity index is 4.25. The number of hydrogen-bond donors (Lipinski definition) is 1. The second-order valence-electron chi connectivity index (χ2n) is 12.4. The molecule has 0 aliphatic carbocycles. The van der Waals surface area contributed by atoms with Crippen LogP contribution in [0.3, 0.4) is 0 Å². The summed E-state index contributed by atoms with van der Waals surface area (Å²) in [4.78, 5) is 23.3. The van der Waals surface area contributed by atoms with Crippen molar-refractivity contribution in [1.29, 1.82) is 0 Å². The fourth-order valence-corrected chi connectivity index (χ4v) is 5.15. The fourth-order valence-electron chi connectivity index (χ4n) is 5.15. The Morgan fingerprint density at radius 3 is 1.52 bits per heavy atom. The van der Waals surface area contributed by atoms with Gasteiger partial charge in [-0.25, -0.2) is 0 Å². The zero-order valence-electron chi connectivity index (χ0n) is 29.9. The first-order chi connectivity index (χ1) is 22.6. The molecule has 46 heavy (non-hydrogen) atoms. The molecule has 1 atom stereocenters. The first-order valence-corrected chi connectivity index (χ1v) is 18.9. The van der Waals surface area contributed by atoms with E-state index in [1.807, 2.05) is 0 Å². The predicted octanol–water partition coefficient (Wildman–Crippen LogP) is 13.1. The van der Waals surface area contributed by atoms with E-state index < -0.39 is 5.97 Å². The van der Waals surface area contributed by atoms with Crippen molar-refractivity contribution in [2.24, 2.45) is 0 Å². The van der Waals surface area contributed by atoms with E-state index in [-0.39, 0.29) is 18.5 Å². The van der Waals surface area contributed by atoms with Gasteiger partial charge >= 0.3 is 11.9 Å². The molecule has 0 aliphatic rings. The minimum Gasteiger partial charge on any atom is -0.481 e. The van der Waals surface area contributed by atoms with Crippen LogP contribution in [0.5, 0.6) is 0 Å². The minimum atomic E-state index is -0.715. The maximum absolute atomic E-state index is 12.6. The third-order valence-electron chi connectivity index (χ3n) is 7.91. The number of allylic oxidation sites excluding steroid dienone is 12. The standard InChI is InChI=1S/C42H70O4/c1-3-5-7-9-11-13-15-17-18-20-22-24-26-31-35-39-42(45)46-40(37-33-29-27-30-34-38-41(43)44)36-32-28-25-23-21-19-16-14-12-10-8-6-4-2/h5,7,11,13,16-19,22-25,40H,3-4,6,8-10,12,14-15,20-21,26-39H2,1-2H3,(H,43,44)/b7-5-,13-11-,18-17-,19-16-,24-22-,25-23-. The predicted molar refractivity (Wildman–Crippen MR) is 199 cm³/mol. The van der Waals surface area contributed by atoms with Crippen molar-refractivity contribution in [3.05, 3.63) is 72.9 Å². The number of aliphatic carboxylic acids is 1. The van der Waals surface area contributed by atoms with E-state index >= 15 is 0 Å². The van der Waals surface area contributed by atoms with Crippen LogP contribution in [-0.4, -0.2) is 23.1 Å². The lowest BCUT2D eigenvalue weighted by atomic mass is 10.0. The van der Waals surface area contributed by atoms with E-state index in [0.29, 0.717) is 6.42 Å². The smallest absolute Gasteiger partial charge is 0.306 e. The Labute approximate surface area is 284 Å². The maximum atomic E-state index is 12.6. The first-order valence-electron chi connectivity index (χ1n) is 18.9. The van der Waals surface area contributed by atoms with Gasteiger partial charge < -0.3 is 9.84 Å². The number of carbonyl (C=O) groups excluding carboxylic acids is 1. The molecule has 0 rings (SSSR count). The number of hydrogen-bond acceptors (Lipinski definition) is 3. The summed E-state index contributed by atoms with van der Waals surface area (Å²) < 4.78 is 5.95. The Kier molecular flexibility index (Phi) is 34.7.